The second kappa shape index (κ2) is 6.34. The van der Waals surface area contributed by atoms with Gasteiger partial charge in [-0.3, -0.25) is 4.79 Å². The molecule has 0 spiro atoms. The summed E-state index contributed by atoms with van der Waals surface area (Å²) in [5.74, 6) is -0.0179. The summed E-state index contributed by atoms with van der Waals surface area (Å²) < 4.78 is 5.31. The number of benzene rings is 1. The molecule has 5 nitrogen and oxygen atoms in total. The van der Waals surface area contributed by atoms with Crippen molar-refractivity contribution in [3.63, 3.8) is 0 Å². The molecule has 0 saturated carbocycles. The molecule has 1 amide bonds. The molecule has 2 aliphatic rings. The van der Waals surface area contributed by atoms with Gasteiger partial charge in [-0.15, -0.1) is 0 Å². The highest BCUT2D eigenvalue weighted by molar-refractivity contribution is 7.99. The number of nitrogens with zero attached hydrogens (tertiary/aromatic N) is 1. The molecule has 6 heteroatoms. The molecule has 3 atom stereocenters. The average Bonchev–Trinajstić information content (AvgIpc) is 3.32. The van der Waals surface area contributed by atoms with E-state index in [0.717, 1.165) is 17.7 Å². The first kappa shape index (κ1) is 15.3. The lowest BCUT2D eigenvalue weighted by Gasteiger charge is -2.21. The van der Waals surface area contributed by atoms with Crippen LogP contribution >= 0.6 is 11.8 Å². The van der Waals surface area contributed by atoms with Gasteiger partial charge in [0, 0.05) is 34.7 Å². The number of rotatable bonds is 4. The van der Waals surface area contributed by atoms with Crippen molar-refractivity contribution in [1.82, 2.24) is 10.6 Å². The molecule has 1 aromatic heterocycles. The van der Waals surface area contributed by atoms with Crippen molar-refractivity contribution in [3.05, 3.63) is 47.7 Å². The Balaban J connectivity index is 1.38. The Morgan fingerprint density at radius 2 is 2.17 bits per heavy atom. The van der Waals surface area contributed by atoms with E-state index in [1.807, 2.05) is 30.3 Å². The fourth-order valence-corrected chi connectivity index (χ4v) is 4.24. The van der Waals surface area contributed by atoms with Gasteiger partial charge in [0.05, 0.1) is 5.56 Å². The monoisotopic (exact) mass is 339 g/mol. The minimum absolute atomic E-state index is 0.0179. The van der Waals surface area contributed by atoms with Crippen LogP contribution < -0.4 is 10.6 Å². The van der Waals surface area contributed by atoms with E-state index in [1.54, 1.807) is 6.07 Å². The van der Waals surface area contributed by atoms with Crippen LogP contribution in [-0.4, -0.2) is 24.0 Å². The minimum atomic E-state index is -0.0179. The van der Waals surface area contributed by atoms with Gasteiger partial charge in [0.2, 0.25) is 0 Å². The van der Waals surface area contributed by atoms with Gasteiger partial charge >= 0.3 is 0 Å². The Kier molecular flexibility index (Phi) is 4.05. The van der Waals surface area contributed by atoms with E-state index in [1.165, 1.54) is 24.4 Å². The number of hydrogen-bond acceptors (Lipinski definition) is 5. The van der Waals surface area contributed by atoms with Crippen LogP contribution in [0.5, 0.6) is 0 Å². The highest BCUT2D eigenvalue weighted by Gasteiger charge is 2.39. The largest absolute Gasteiger partial charge is 0.456 e. The Labute approximate surface area is 144 Å². The quantitative estimate of drug-likeness (QED) is 0.895. The summed E-state index contributed by atoms with van der Waals surface area (Å²) in [5.41, 5.74) is 1.17. The molecule has 2 saturated heterocycles. The zero-order valence-corrected chi connectivity index (χ0v) is 13.8. The first-order valence-corrected chi connectivity index (χ1v) is 8.86. The fourth-order valence-electron chi connectivity index (χ4n) is 3.45. The molecular weight excluding hydrogens is 322 g/mol. The minimum Gasteiger partial charge on any atom is -0.456 e. The van der Waals surface area contributed by atoms with Crippen LogP contribution in [0.3, 0.4) is 0 Å². The highest BCUT2D eigenvalue weighted by atomic mass is 32.2. The van der Waals surface area contributed by atoms with Gasteiger partial charge in [-0.05, 0) is 43.5 Å². The van der Waals surface area contributed by atoms with E-state index in [2.05, 4.69) is 10.6 Å². The summed E-state index contributed by atoms with van der Waals surface area (Å²) in [5, 5.41) is 16.1. The summed E-state index contributed by atoms with van der Waals surface area (Å²) in [6, 6.07) is 12.4. The van der Waals surface area contributed by atoms with Crippen molar-refractivity contribution in [1.29, 1.82) is 5.26 Å². The molecule has 2 N–H and O–H groups in total. The van der Waals surface area contributed by atoms with Gasteiger partial charge < -0.3 is 15.1 Å². The number of carbonyl (C=O) groups is 1. The van der Waals surface area contributed by atoms with Crippen LogP contribution in [0.25, 0.3) is 0 Å². The van der Waals surface area contributed by atoms with Crippen molar-refractivity contribution in [2.75, 3.05) is 0 Å². The Hall–Kier alpha value is -2.23. The summed E-state index contributed by atoms with van der Waals surface area (Å²) in [6.07, 6.45) is 4.85. The predicted molar refractivity (Wildman–Crippen MR) is 89.8 cm³/mol. The van der Waals surface area contributed by atoms with Crippen molar-refractivity contribution >= 4 is 17.7 Å². The number of amides is 1. The molecule has 3 unspecified atom stereocenters. The SMILES string of the molecule is N#Cc1coc(Sc2ccc(C(=O)NC3CC4CCC3N4)cc2)c1. The fraction of sp³-hybridized carbons (Fsp3) is 0.333. The molecule has 24 heavy (non-hydrogen) atoms. The van der Waals surface area contributed by atoms with E-state index in [9.17, 15) is 4.79 Å². The summed E-state index contributed by atoms with van der Waals surface area (Å²) >= 11 is 1.43. The second-order valence-corrected chi connectivity index (χ2v) is 7.33. The maximum absolute atomic E-state index is 12.4. The lowest BCUT2D eigenvalue weighted by molar-refractivity contribution is 0.0931. The van der Waals surface area contributed by atoms with Crippen LogP contribution in [0.2, 0.25) is 0 Å². The topological polar surface area (TPSA) is 78.1 Å². The highest BCUT2D eigenvalue weighted by Crippen LogP contribution is 2.30. The van der Waals surface area contributed by atoms with E-state index >= 15 is 0 Å². The van der Waals surface area contributed by atoms with Crippen LogP contribution in [0.15, 0.2) is 51.0 Å². The van der Waals surface area contributed by atoms with Gasteiger partial charge in [-0.25, -0.2) is 0 Å². The van der Waals surface area contributed by atoms with Crippen LogP contribution in [0.4, 0.5) is 0 Å². The average molecular weight is 339 g/mol. The van der Waals surface area contributed by atoms with Crippen molar-refractivity contribution in [3.8, 4) is 6.07 Å². The van der Waals surface area contributed by atoms with Crippen molar-refractivity contribution in [2.24, 2.45) is 0 Å². The lowest BCUT2D eigenvalue weighted by Crippen LogP contribution is -2.42. The molecule has 1 aromatic carbocycles. The second-order valence-electron chi connectivity index (χ2n) is 6.26. The van der Waals surface area contributed by atoms with Crippen molar-refractivity contribution in [2.45, 2.75) is 47.4 Å². The van der Waals surface area contributed by atoms with Gasteiger partial charge in [-0.1, -0.05) is 11.8 Å². The Bertz CT molecular complexity index is 793. The lowest BCUT2D eigenvalue weighted by atomic mass is 9.95. The van der Waals surface area contributed by atoms with Gasteiger partial charge in [0.1, 0.15) is 12.3 Å². The van der Waals surface area contributed by atoms with Crippen LogP contribution in [-0.2, 0) is 0 Å². The zero-order chi connectivity index (χ0) is 16.5. The first-order valence-electron chi connectivity index (χ1n) is 8.05. The van der Waals surface area contributed by atoms with E-state index in [4.69, 9.17) is 9.68 Å². The third kappa shape index (κ3) is 3.05. The molecular formula is C18H17N3O2S. The Morgan fingerprint density at radius 1 is 1.33 bits per heavy atom. The summed E-state index contributed by atoms with van der Waals surface area (Å²) in [4.78, 5) is 13.4. The van der Waals surface area contributed by atoms with E-state index < -0.39 is 0 Å². The standard InChI is InChI=1S/C18H17N3O2S/c19-9-11-7-17(23-10-11)24-14-4-1-12(2-5-14)18(22)21-16-8-13-3-6-15(16)20-13/h1-2,4-5,7,10,13,15-16,20H,3,6,8H2,(H,21,22). The molecule has 2 fully saturated rings. The first-order chi connectivity index (χ1) is 11.7. The van der Waals surface area contributed by atoms with Gasteiger partial charge in [-0.2, -0.15) is 5.26 Å². The normalized spacial score (nSPS) is 24.7. The molecule has 0 aliphatic carbocycles. The number of fused-ring (bicyclic) bond motifs is 2. The third-order valence-electron chi connectivity index (χ3n) is 4.66. The molecule has 2 aromatic rings. The van der Waals surface area contributed by atoms with Gasteiger partial charge in [0.25, 0.3) is 5.91 Å². The molecule has 3 heterocycles. The Morgan fingerprint density at radius 3 is 2.79 bits per heavy atom. The number of carbonyl (C=O) groups excluding carboxylic acids is 1. The van der Waals surface area contributed by atoms with Crippen molar-refractivity contribution < 1.29 is 9.21 Å². The smallest absolute Gasteiger partial charge is 0.251 e. The zero-order valence-electron chi connectivity index (χ0n) is 13.0. The van der Waals surface area contributed by atoms with E-state index in [-0.39, 0.29) is 11.9 Å². The number of nitriles is 1. The maximum atomic E-state index is 12.4. The van der Waals surface area contributed by atoms with E-state index in [0.29, 0.717) is 28.3 Å². The molecule has 2 bridgehead atoms. The number of hydrogen-bond donors (Lipinski definition) is 2. The predicted octanol–water partition coefficient (Wildman–Crippen LogP) is 2.93. The third-order valence-corrected chi connectivity index (χ3v) is 5.58. The number of furan rings is 1. The molecule has 4 rings (SSSR count). The molecule has 2 aliphatic heterocycles. The van der Waals surface area contributed by atoms with Crippen LogP contribution in [0.1, 0.15) is 35.2 Å². The van der Waals surface area contributed by atoms with Gasteiger partial charge in [0.15, 0.2) is 5.09 Å². The molecule has 0 radical (unpaired) electrons. The number of nitrogens with one attached hydrogen (secondary N) is 2. The molecule has 122 valence electrons. The van der Waals surface area contributed by atoms with Crippen LogP contribution in [0, 0.1) is 11.3 Å². The summed E-state index contributed by atoms with van der Waals surface area (Å²) in [6.45, 7) is 0. The maximum Gasteiger partial charge on any atom is 0.251 e. The summed E-state index contributed by atoms with van der Waals surface area (Å²) in [7, 11) is 0.